The maximum atomic E-state index is 6.42. The first-order valence-electron chi connectivity index (χ1n) is 6.56. The Labute approximate surface area is 122 Å². The molecule has 2 nitrogen and oxygen atoms in total. The lowest BCUT2D eigenvalue weighted by Gasteiger charge is -2.27. The third-order valence-corrected chi connectivity index (χ3v) is 4.64. The summed E-state index contributed by atoms with van der Waals surface area (Å²) in [5.74, 6) is 0. The van der Waals surface area contributed by atoms with Gasteiger partial charge in [-0.3, -0.25) is 0 Å². The number of rotatable bonds is 5. The van der Waals surface area contributed by atoms with Gasteiger partial charge in [-0.1, -0.05) is 29.8 Å². The van der Waals surface area contributed by atoms with Crippen LogP contribution in [0.2, 0.25) is 5.02 Å². The van der Waals surface area contributed by atoms with E-state index in [4.69, 9.17) is 17.3 Å². The molecule has 0 bridgehead atoms. The van der Waals surface area contributed by atoms with Crippen LogP contribution in [-0.4, -0.2) is 6.04 Å². The average molecular weight is 293 g/mol. The molecular formula is C15H17ClN2S. The van der Waals surface area contributed by atoms with Crippen LogP contribution in [0, 0.1) is 0 Å². The Kier molecular flexibility index (Phi) is 3.78. The second kappa shape index (κ2) is 5.53. The zero-order chi connectivity index (χ0) is 13.2. The SMILES string of the molecule is NCc1cccc(Cl)c1N(Cc1cccs1)C1CC1. The molecule has 2 aromatic rings. The lowest BCUT2D eigenvalue weighted by atomic mass is 10.1. The maximum Gasteiger partial charge on any atom is 0.0643 e. The van der Waals surface area contributed by atoms with Gasteiger partial charge in [-0.2, -0.15) is 0 Å². The summed E-state index contributed by atoms with van der Waals surface area (Å²) in [6.45, 7) is 1.46. The van der Waals surface area contributed by atoms with E-state index >= 15 is 0 Å². The third-order valence-electron chi connectivity index (χ3n) is 3.47. The van der Waals surface area contributed by atoms with Crippen LogP contribution in [0.3, 0.4) is 0 Å². The number of benzene rings is 1. The Morgan fingerprint density at radius 2 is 2.11 bits per heavy atom. The highest BCUT2D eigenvalue weighted by molar-refractivity contribution is 7.09. The number of nitrogens with two attached hydrogens (primary N) is 1. The predicted octanol–water partition coefficient (Wildman–Crippen LogP) is 4.03. The van der Waals surface area contributed by atoms with Crippen LogP contribution in [0.5, 0.6) is 0 Å². The van der Waals surface area contributed by atoms with E-state index < -0.39 is 0 Å². The van der Waals surface area contributed by atoms with E-state index in [1.165, 1.54) is 17.7 Å². The fourth-order valence-electron chi connectivity index (χ4n) is 2.39. The fraction of sp³-hybridized carbons (Fsp3) is 0.333. The molecule has 1 aromatic carbocycles. The third kappa shape index (κ3) is 2.78. The summed E-state index contributed by atoms with van der Waals surface area (Å²) in [5.41, 5.74) is 8.13. The van der Waals surface area contributed by atoms with E-state index in [1.807, 2.05) is 12.1 Å². The molecule has 0 amide bonds. The smallest absolute Gasteiger partial charge is 0.0643 e. The van der Waals surface area contributed by atoms with Crippen molar-refractivity contribution in [3.63, 3.8) is 0 Å². The van der Waals surface area contributed by atoms with E-state index in [2.05, 4.69) is 28.5 Å². The van der Waals surface area contributed by atoms with E-state index in [-0.39, 0.29) is 0 Å². The first kappa shape index (κ1) is 13.0. The van der Waals surface area contributed by atoms with E-state index in [9.17, 15) is 0 Å². The molecule has 3 rings (SSSR count). The van der Waals surface area contributed by atoms with Crippen LogP contribution >= 0.6 is 22.9 Å². The lowest BCUT2D eigenvalue weighted by Crippen LogP contribution is -2.26. The number of nitrogens with zero attached hydrogens (tertiary/aromatic N) is 1. The molecule has 0 unspecified atom stereocenters. The molecule has 1 aromatic heterocycles. The van der Waals surface area contributed by atoms with Crippen LogP contribution in [-0.2, 0) is 13.1 Å². The van der Waals surface area contributed by atoms with Crippen LogP contribution in [0.4, 0.5) is 5.69 Å². The highest BCUT2D eigenvalue weighted by Crippen LogP contribution is 2.39. The Bertz CT molecular complexity index is 549. The number of anilines is 1. The fourth-order valence-corrected chi connectivity index (χ4v) is 3.40. The molecule has 1 fully saturated rings. The normalized spacial score (nSPS) is 14.6. The first-order valence-corrected chi connectivity index (χ1v) is 7.82. The van der Waals surface area contributed by atoms with Crippen LogP contribution in [0.1, 0.15) is 23.3 Å². The molecule has 0 radical (unpaired) electrons. The molecule has 0 saturated heterocycles. The second-order valence-corrected chi connectivity index (χ2v) is 6.33. The summed E-state index contributed by atoms with van der Waals surface area (Å²) >= 11 is 8.22. The quantitative estimate of drug-likeness (QED) is 0.901. The molecule has 0 aliphatic heterocycles. The Balaban J connectivity index is 1.96. The van der Waals surface area contributed by atoms with Gasteiger partial charge in [-0.15, -0.1) is 11.3 Å². The minimum absolute atomic E-state index is 0.531. The summed E-state index contributed by atoms with van der Waals surface area (Å²) < 4.78 is 0. The molecule has 4 heteroatoms. The molecule has 1 saturated carbocycles. The number of halogens is 1. The van der Waals surface area contributed by atoms with Gasteiger partial charge in [-0.05, 0) is 35.9 Å². The van der Waals surface area contributed by atoms with E-state index in [0.29, 0.717) is 12.6 Å². The van der Waals surface area contributed by atoms with Gasteiger partial charge in [-0.25, -0.2) is 0 Å². The van der Waals surface area contributed by atoms with Crippen molar-refractivity contribution in [3.05, 3.63) is 51.2 Å². The van der Waals surface area contributed by atoms with Crippen LogP contribution < -0.4 is 10.6 Å². The maximum absolute atomic E-state index is 6.42. The lowest BCUT2D eigenvalue weighted by molar-refractivity contribution is 0.794. The van der Waals surface area contributed by atoms with Crippen LogP contribution in [0.15, 0.2) is 35.7 Å². The van der Waals surface area contributed by atoms with Crippen molar-refractivity contribution in [2.24, 2.45) is 5.73 Å². The van der Waals surface area contributed by atoms with Gasteiger partial charge >= 0.3 is 0 Å². The largest absolute Gasteiger partial charge is 0.362 e. The number of para-hydroxylation sites is 1. The van der Waals surface area contributed by atoms with Crippen molar-refractivity contribution in [1.82, 2.24) is 0 Å². The van der Waals surface area contributed by atoms with Gasteiger partial charge in [0.1, 0.15) is 0 Å². The number of hydrogen-bond acceptors (Lipinski definition) is 3. The minimum atomic E-state index is 0.531. The number of thiophene rings is 1. The monoisotopic (exact) mass is 292 g/mol. The zero-order valence-electron chi connectivity index (χ0n) is 10.7. The van der Waals surface area contributed by atoms with Crippen molar-refractivity contribution >= 4 is 28.6 Å². The van der Waals surface area contributed by atoms with Gasteiger partial charge in [0.15, 0.2) is 0 Å². The summed E-state index contributed by atoms with van der Waals surface area (Å²) in [6, 6.07) is 10.9. The topological polar surface area (TPSA) is 29.3 Å². The molecule has 1 aliphatic carbocycles. The molecule has 0 spiro atoms. The summed E-state index contributed by atoms with van der Waals surface area (Å²) in [5, 5.41) is 2.93. The van der Waals surface area contributed by atoms with Crippen molar-refractivity contribution in [2.45, 2.75) is 32.0 Å². The van der Waals surface area contributed by atoms with Gasteiger partial charge in [0.25, 0.3) is 0 Å². The second-order valence-electron chi connectivity index (χ2n) is 4.89. The zero-order valence-corrected chi connectivity index (χ0v) is 12.3. The van der Waals surface area contributed by atoms with Crippen LogP contribution in [0.25, 0.3) is 0 Å². The van der Waals surface area contributed by atoms with Crippen molar-refractivity contribution < 1.29 is 0 Å². The molecule has 0 atom stereocenters. The Hall–Kier alpha value is -1.03. The molecule has 100 valence electrons. The summed E-state index contributed by atoms with van der Waals surface area (Å²) in [7, 11) is 0. The predicted molar refractivity (Wildman–Crippen MR) is 82.9 cm³/mol. The highest BCUT2D eigenvalue weighted by atomic mass is 35.5. The molecule has 19 heavy (non-hydrogen) atoms. The minimum Gasteiger partial charge on any atom is -0.362 e. The summed E-state index contributed by atoms with van der Waals surface area (Å²) in [6.07, 6.45) is 2.50. The van der Waals surface area contributed by atoms with E-state index in [1.54, 1.807) is 11.3 Å². The summed E-state index contributed by atoms with van der Waals surface area (Å²) in [4.78, 5) is 3.80. The van der Waals surface area contributed by atoms with Gasteiger partial charge in [0.05, 0.1) is 17.3 Å². The van der Waals surface area contributed by atoms with Crippen molar-refractivity contribution in [1.29, 1.82) is 0 Å². The van der Waals surface area contributed by atoms with Crippen molar-refractivity contribution in [3.8, 4) is 0 Å². The molecule has 1 heterocycles. The number of hydrogen-bond donors (Lipinski definition) is 1. The standard InChI is InChI=1S/C15H17ClN2S/c16-14-5-1-3-11(9-17)15(14)18(12-6-7-12)10-13-4-2-8-19-13/h1-5,8,12H,6-7,9-10,17H2. The molecule has 2 N–H and O–H groups in total. The molecule has 1 aliphatic rings. The average Bonchev–Trinajstić information content (AvgIpc) is 3.14. The van der Waals surface area contributed by atoms with Crippen molar-refractivity contribution in [2.75, 3.05) is 4.90 Å². The molecular weight excluding hydrogens is 276 g/mol. The van der Waals surface area contributed by atoms with Gasteiger partial charge in [0.2, 0.25) is 0 Å². The van der Waals surface area contributed by atoms with Gasteiger partial charge < -0.3 is 10.6 Å². The first-order chi connectivity index (χ1) is 9.29. The van der Waals surface area contributed by atoms with E-state index in [0.717, 1.165) is 22.8 Å². The highest BCUT2D eigenvalue weighted by Gasteiger charge is 2.31. The van der Waals surface area contributed by atoms with Gasteiger partial charge in [0, 0.05) is 17.5 Å². The Morgan fingerprint density at radius 1 is 1.26 bits per heavy atom. The Morgan fingerprint density at radius 3 is 2.74 bits per heavy atom.